The highest BCUT2D eigenvalue weighted by molar-refractivity contribution is 5.92. The molecule has 0 radical (unpaired) electrons. The topological polar surface area (TPSA) is 80.2 Å². The van der Waals surface area contributed by atoms with E-state index in [4.69, 9.17) is 4.74 Å². The number of carbonyl (C=O) groups is 1. The molecule has 7 heteroatoms. The van der Waals surface area contributed by atoms with Gasteiger partial charge in [-0.25, -0.2) is 9.97 Å². The summed E-state index contributed by atoms with van der Waals surface area (Å²) < 4.78 is 5.22. The van der Waals surface area contributed by atoms with Crippen molar-refractivity contribution in [3.63, 3.8) is 0 Å². The molecule has 0 fully saturated rings. The highest BCUT2D eigenvalue weighted by atomic mass is 16.5. The van der Waals surface area contributed by atoms with Crippen LogP contribution in [0.15, 0.2) is 67.3 Å². The van der Waals surface area contributed by atoms with Crippen LogP contribution in [0.3, 0.4) is 0 Å². The molecule has 29 heavy (non-hydrogen) atoms. The molecule has 0 bridgehead atoms. The van der Waals surface area contributed by atoms with Crippen LogP contribution >= 0.6 is 0 Å². The third-order valence-corrected chi connectivity index (χ3v) is 4.26. The molecule has 2 aromatic heterocycles. The summed E-state index contributed by atoms with van der Waals surface area (Å²) in [5, 5.41) is 3.04. The lowest BCUT2D eigenvalue weighted by Gasteiger charge is -2.19. The molecule has 0 aliphatic rings. The number of ether oxygens (including phenoxy) is 1. The smallest absolute Gasteiger partial charge is 0.244 e. The second-order valence-electron chi connectivity index (χ2n) is 6.54. The Morgan fingerprint density at radius 1 is 1.03 bits per heavy atom. The first-order chi connectivity index (χ1) is 14.1. The number of methoxy groups -OCH3 is 1. The van der Waals surface area contributed by atoms with Crippen molar-refractivity contribution in [2.75, 3.05) is 26.1 Å². The fourth-order valence-electron chi connectivity index (χ4n) is 2.72. The monoisotopic (exact) mass is 389 g/mol. The van der Waals surface area contributed by atoms with E-state index in [-0.39, 0.29) is 11.9 Å². The van der Waals surface area contributed by atoms with Gasteiger partial charge in [-0.2, -0.15) is 0 Å². The molecule has 0 aliphatic carbocycles. The minimum atomic E-state index is -0.312. The Balaban J connectivity index is 1.77. The van der Waals surface area contributed by atoms with Crippen LogP contribution in [0.25, 0.3) is 6.08 Å². The second-order valence-corrected chi connectivity index (χ2v) is 6.54. The van der Waals surface area contributed by atoms with Gasteiger partial charge < -0.3 is 15.0 Å². The van der Waals surface area contributed by atoms with E-state index in [1.807, 2.05) is 55.4 Å². The predicted molar refractivity (Wildman–Crippen MR) is 113 cm³/mol. The molecule has 0 aliphatic heterocycles. The third kappa shape index (κ3) is 5.38. The van der Waals surface area contributed by atoms with E-state index in [1.165, 1.54) is 6.08 Å². The van der Waals surface area contributed by atoms with Crippen molar-refractivity contribution in [3.05, 3.63) is 84.0 Å². The molecule has 1 unspecified atom stereocenters. The summed E-state index contributed by atoms with van der Waals surface area (Å²) in [7, 11) is 5.37. The van der Waals surface area contributed by atoms with Gasteiger partial charge in [0.1, 0.15) is 5.75 Å². The van der Waals surface area contributed by atoms with Gasteiger partial charge in [-0.1, -0.05) is 12.1 Å². The fraction of sp³-hybridized carbons (Fsp3) is 0.182. The van der Waals surface area contributed by atoms with E-state index in [1.54, 1.807) is 38.0 Å². The number of carbonyl (C=O) groups excluding carboxylic acids is 1. The summed E-state index contributed by atoms with van der Waals surface area (Å²) in [4.78, 5) is 26.9. The quantitative estimate of drug-likeness (QED) is 0.626. The molecular weight excluding hydrogens is 366 g/mol. The van der Waals surface area contributed by atoms with Crippen LogP contribution in [0, 0.1) is 0 Å². The van der Waals surface area contributed by atoms with Crippen molar-refractivity contribution in [2.45, 2.75) is 6.04 Å². The zero-order valence-electron chi connectivity index (χ0n) is 16.6. The SMILES string of the molecule is COc1ccc(C(NC(=O)/C=C/c2cnc(N(C)C)nc2)c2ccncc2)cc1. The molecule has 3 rings (SSSR count). The lowest BCUT2D eigenvalue weighted by molar-refractivity contribution is -0.116. The Labute approximate surface area is 170 Å². The summed E-state index contributed by atoms with van der Waals surface area (Å²) >= 11 is 0. The van der Waals surface area contributed by atoms with Gasteiger partial charge in [0.05, 0.1) is 13.2 Å². The maximum Gasteiger partial charge on any atom is 0.244 e. The number of anilines is 1. The van der Waals surface area contributed by atoms with Crippen LogP contribution in [0.1, 0.15) is 22.7 Å². The zero-order valence-corrected chi connectivity index (χ0v) is 16.6. The summed E-state index contributed by atoms with van der Waals surface area (Å²) in [5.74, 6) is 1.15. The Kier molecular flexibility index (Phi) is 6.52. The van der Waals surface area contributed by atoms with Gasteiger partial charge in [0.25, 0.3) is 0 Å². The van der Waals surface area contributed by atoms with Gasteiger partial charge in [0, 0.05) is 50.5 Å². The second kappa shape index (κ2) is 9.45. The molecule has 0 spiro atoms. The molecule has 3 aromatic rings. The fourth-order valence-corrected chi connectivity index (χ4v) is 2.72. The van der Waals surface area contributed by atoms with E-state index < -0.39 is 0 Å². The minimum absolute atomic E-state index is 0.223. The third-order valence-electron chi connectivity index (χ3n) is 4.26. The van der Waals surface area contributed by atoms with E-state index in [0.717, 1.165) is 22.4 Å². The predicted octanol–water partition coefficient (Wildman–Crippen LogP) is 2.87. The highest BCUT2D eigenvalue weighted by Crippen LogP contribution is 2.24. The average molecular weight is 389 g/mol. The van der Waals surface area contributed by atoms with E-state index in [2.05, 4.69) is 20.3 Å². The molecule has 0 saturated heterocycles. The maximum absolute atomic E-state index is 12.6. The number of aromatic nitrogens is 3. The van der Waals surface area contributed by atoms with Crippen molar-refractivity contribution in [2.24, 2.45) is 0 Å². The number of nitrogens with one attached hydrogen (secondary N) is 1. The average Bonchev–Trinajstić information content (AvgIpc) is 2.77. The standard InChI is InChI=1S/C22H23N5O2/c1-27(2)22-24-14-16(15-25-22)4-9-20(28)26-21(18-10-12-23-13-11-18)17-5-7-19(29-3)8-6-17/h4-15,21H,1-3H3,(H,26,28)/b9-4+. The van der Waals surface area contributed by atoms with Crippen LogP contribution in [-0.2, 0) is 4.79 Å². The Bertz CT molecular complexity index is 955. The van der Waals surface area contributed by atoms with E-state index >= 15 is 0 Å². The number of pyridine rings is 1. The maximum atomic E-state index is 12.6. The first kappa shape index (κ1) is 20.0. The normalized spacial score (nSPS) is 11.8. The lowest BCUT2D eigenvalue weighted by Crippen LogP contribution is -2.27. The number of benzene rings is 1. The summed E-state index contributed by atoms with van der Waals surface area (Å²) in [5.41, 5.74) is 2.62. The molecule has 0 saturated carbocycles. The van der Waals surface area contributed by atoms with Gasteiger partial charge in [-0.05, 0) is 41.5 Å². The Morgan fingerprint density at radius 2 is 1.66 bits per heavy atom. The number of rotatable bonds is 7. The van der Waals surface area contributed by atoms with Crippen LogP contribution in [-0.4, -0.2) is 42.1 Å². The zero-order chi connectivity index (χ0) is 20.6. The molecule has 1 amide bonds. The number of hydrogen-bond acceptors (Lipinski definition) is 6. The molecule has 148 valence electrons. The van der Waals surface area contributed by atoms with E-state index in [9.17, 15) is 4.79 Å². The van der Waals surface area contributed by atoms with Gasteiger partial charge in [-0.3, -0.25) is 9.78 Å². The van der Waals surface area contributed by atoms with Crippen molar-refractivity contribution in [1.29, 1.82) is 0 Å². The van der Waals surface area contributed by atoms with Crippen molar-refractivity contribution in [3.8, 4) is 5.75 Å². The highest BCUT2D eigenvalue weighted by Gasteiger charge is 2.16. The molecule has 7 nitrogen and oxygen atoms in total. The number of nitrogens with zero attached hydrogens (tertiary/aromatic N) is 4. The summed E-state index contributed by atoms with van der Waals surface area (Å²) in [6, 6.07) is 11.1. The van der Waals surface area contributed by atoms with Crippen molar-refractivity contribution in [1.82, 2.24) is 20.3 Å². The largest absolute Gasteiger partial charge is 0.497 e. The van der Waals surface area contributed by atoms with E-state index in [0.29, 0.717) is 5.95 Å². The van der Waals surface area contributed by atoms with Crippen LogP contribution in [0.4, 0.5) is 5.95 Å². The molecule has 1 atom stereocenters. The summed E-state index contributed by atoms with van der Waals surface area (Å²) in [6.07, 6.45) is 9.93. The Morgan fingerprint density at radius 3 is 2.24 bits per heavy atom. The lowest BCUT2D eigenvalue weighted by atomic mass is 9.99. The number of hydrogen-bond donors (Lipinski definition) is 1. The van der Waals surface area contributed by atoms with Crippen molar-refractivity contribution >= 4 is 17.9 Å². The van der Waals surface area contributed by atoms with Crippen LogP contribution in [0.5, 0.6) is 5.75 Å². The van der Waals surface area contributed by atoms with Crippen LogP contribution < -0.4 is 15.0 Å². The van der Waals surface area contributed by atoms with Crippen molar-refractivity contribution < 1.29 is 9.53 Å². The molecule has 1 aromatic carbocycles. The Hall–Kier alpha value is -3.74. The van der Waals surface area contributed by atoms with Gasteiger partial charge in [0.15, 0.2) is 0 Å². The minimum Gasteiger partial charge on any atom is -0.497 e. The molecular formula is C22H23N5O2. The first-order valence-electron chi connectivity index (χ1n) is 9.08. The van der Waals surface area contributed by atoms with Gasteiger partial charge >= 0.3 is 0 Å². The first-order valence-corrected chi connectivity index (χ1v) is 9.08. The molecule has 2 heterocycles. The molecule has 1 N–H and O–H groups in total. The summed E-state index contributed by atoms with van der Waals surface area (Å²) in [6.45, 7) is 0. The van der Waals surface area contributed by atoms with Gasteiger partial charge in [0.2, 0.25) is 11.9 Å². The number of amides is 1. The van der Waals surface area contributed by atoms with Gasteiger partial charge in [-0.15, -0.1) is 0 Å². The van der Waals surface area contributed by atoms with Crippen LogP contribution in [0.2, 0.25) is 0 Å².